The van der Waals surface area contributed by atoms with Crippen LogP contribution < -0.4 is 0 Å². The molecule has 0 fully saturated rings. The molecule has 0 aliphatic heterocycles. The van der Waals surface area contributed by atoms with E-state index in [1.807, 2.05) is 22.6 Å². The predicted molar refractivity (Wildman–Crippen MR) is 88.2 cm³/mol. The SMILES string of the molecule is CCCCCCCCOCC(I)CC(F)(F)C(=O)OCC. The molecule has 0 radical (unpaired) electrons. The normalized spacial score (nSPS) is 13.2. The van der Waals surface area contributed by atoms with Crippen molar-refractivity contribution in [3.05, 3.63) is 0 Å². The molecule has 0 saturated carbocycles. The van der Waals surface area contributed by atoms with Gasteiger partial charge in [0.05, 0.1) is 13.2 Å². The zero-order valence-electron chi connectivity index (χ0n) is 13.0. The molecule has 0 aliphatic carbocycles. The minimum Gasteiger partial charge on any atom is -0.462 e. The molecule has 0 spiro atoms. The third-order valence-electron chi connectivity index (χ3n) is 2.99. The molecular formula is C15H27F2IO3. The van der Waals surface area contributed by atoms with Crippen molar-refractivity contribution in [1.82, 2.24) is 0 Å². The lowest BCUT2D eigenvalue weighted by Crippen LogP contribution is -2.34. The average Bonchev–Trinajstić information content (AvgIpc) is 2.41. The van der Waals surface area contributed by atoms with Crippen LogP contribution in [0.5, 0.6) is 0 Å². The van der Waals surface area contributed by atoms with Crippen LogP contribution in [0.2, 0.25) is 0 Å². The molecule has 0 N–H and O–H groups in total. The van der Waals surface area contributed by atoms with Crippen LogP contribution in [-0.2, 0) is 14.3 Å². The number of carbonyl (C=O) groups is 1. The van der Waals surface area contributed by atoms with Crippen LogP contribution in [0.1, 0.15) is 58.8 Å². The lowest BCUT2D eigenvalue weighted by molar-refractivity contribution is -0.172. The van der Waals surface area contributed by atoms with Crippen LogP contribution in [0.25, 0.3) is 0 Å². The van der Waals surface area contributed by atoms with E-state index in [-0.39, 0.29) is 13.2 Å². The minimum atomic E-state index is -3.43. The lowest BCUT2D eigenvalue weighted by Gasteiger charge is -2.18. The highest BCUT2D eigenvalue weighted by Gasteiger charge is 2.42. The molecule has 1 atom stereocenters. The number of esters is 1. The van der Waals surface area contributed by atoms with Gasteiger partial charge < -0.3 is 9.47 Å². The Morgan fingerprint density at radius 2 is 1.76 bits per heavy atom. The smallest absolute Gasteiger partial charge is 0.377 e. The first-order valence-electron chi connectivity index (χ1n) is 7.70. The monoisotopic (exact) mass is 420 g/mol. The summed E-state index contributed by atoms with van der Waals surface area (Å²) < 4.78 is 36.3. The molecule has 1 unspecified atom stereocenters. The summed E-state index contributed by atoms with van der Waals surface area (Å²) in [7, 11) is 0. The third kappa shape index (κ3) is 11.3. The zero-order valence-corrected chi connectivity index (χ0v) is 15.2. The Labute approximate surface area is 140 Å². The molecule has 0 aromatic carbocycles. The first-order chi connectivity index (χ1) is 9.94. The van der Waals surface area contributed by atoms with E-state index in [1.165, 1.54) is 32.6 Å². The summed E-state index contributed by atoms with van der Waals surface area (Å²) in [6.45, 7) is 4.49. The summed E-state index contributed by atoms with van der Waals surface area (Å²) in [5.74, 6) is -4.87. The molecule has 0 heterocycles. The number of unbranched alkanes of at least 4 members (excludes halogenated alkanes) is 5. The highest BCUT2D eigenvalue weighted by atomic mass is 127. The van der Waals surface area contributed by atoms with Crippen LogP contribution in [0.3, 0.4) is 0 Å². The summed E-state index contributed by atoms with van der Waals surface area (Å²) in [4.78, 5) is 11.1. The topological polar surface area (TPSA) is 35.5 Å². The fourth-order valence-electron chi connectivity index (χ4n) is 1.85. The number of halogens is 3. The summed E-state index contributed by atoms with van der Waals surface area (Å²) >= 11 is 1.90. The summed E-state index contributed by atoms with van der Waals surface area (Å²) in [5.41, 5.74) is 0. The quantitative estimate of drug-likeness (QED) is 0.187. The highest BCUT2D eigenvalue weighted by molar-refractivity contribution is 14.1. The maximum absolute atomic E-state index is 13.5. The summed E-state index contributed by atoms with van der Waals surface area (Å²) in [5, 5.41) is 0. The van der Waals surface area contributed by atoms with E-state index in [1.54, 1.807) is 0 Å². The van der Waals surface area contributed by atoms with Crippen LogP contribution >= 0.6 is 22.6 Å². The van der Waals surface area contributed by atoms with E-state index in [0.29, 0.717) is 6.61 Å². The van der Waals surface area contributed by atoms with E-state index < -0.39 is 22.2 Å². The van der Waals surface area contributed by atoms with E-state index in [4.69, 9.17) is 4.74 Å². The maximum Gasteiger partial charge on any atom is 0.377 e. The standard InChI is InChI=1S/C15H27F2IO3/c1-3-5-6-7-8-9-10-20-12-13(18)11-15(16,17)14(19)21-4-2/h13H,3-12H2,1-2H3. The van der Waals surface area contributed by atoms with E-state index in [0.717, 1.165) is 12.8 Å². The fraction of sp³-hybridized carbons (Fsp3) is 0.933. The molecule has 0 saturated heterocycles. The van der Waals surface area contributed by atoms with Crippen LogP contribution in [-0.4, -0.2) is 35.6 Å². The number of ether oxygens (including phenoxy) is 2. The molecule has 0 aromatic rings. The Hall–Kier alpha value is 0.0200. The minimum absolute atomic E-state index is 0.0329. The Bertz CT molecular complexity index is 276. The van der Waals surface area contributed by atoms with Gasteiger partial charge in [0.15, 0.2) is 0 Å². The molecular weight excluding hydrogens is 393 g/mol. The van der Waals surface area contributed by atoms with Gasteiger partial charge in [-0.1, -0.05) is 61.6 Å². The molecule has 6 heteroatoms. The molecule has 3 nitrogen and oxygen atoms in total. The third-order valence-corrected chi connectivity index (χ3v) is 3.79. The van der Waals surface area contributed by atoms with Gasteiger partial charge in [0.1, 0.15) is 0 Å². The number of hydrogen-bond donors (Lipinski definition) is 0. The number of alkyl halides is 3. The van der Waals surface area contributed by atoms with E-state index in [2.05, 4.69) is 11.7 Å². The summed E-state index contributed by atoms with van der Waals surface area (Å²) in [6, 6.07) is 0. The van der Waals surface area contributed by atoms with Crippen molar-refractivity contribution < 1.29 is 23.0 Å². The highest BCUT2D eigenvalue weighted by Crippen LogP contribution is 2.26. The first-order valence-corrected chi connectivity index (χ1v) is 8.95. The Kier molecular flexibility index (Phi) is 12.6. The first kappa shape index (κ1) is 21.0. The molecule has 21 heavy (non-hydrogen) atoms. The van der Waals surface area contributed by atoms with Gasteiger partial charge in [0.2, 0.25) is 0 Å². The molecule has 0 aliphatic rings. The van der Waals surface area contributed by atoms with Gasteiger partial charge in [-0.05, 0) is 13.3 Å². The molecule has 0 amide bonds. The van der Waals surface area contributed by atoms with Gasteiger partial charge in [-0.2, -0.15) is 8.78 Å². The van der Waals surface area contributed by atoms with Crippen LogP contribution in [0, 0.1) is 0 Å². The van der Waals surface area contributed by atoms with Crippen LogP contribution in [0.15, 0.2) is 0 Å². The van der Waals surface area contributed by atoms with Gasteiger partial charge in [-0.25, -0.2) is 4.79 Å². The van der Waals surface area contributed by atoms with Crippen LogP contribution in [0.4, 0.5) is 8.78 Å². The molecule has 0 bridgehead atoms. The Morgan fingerprint density at radius 1 is 1.14 bits per heavy atom. The number of hydrogen-bond acceptors (Lipinski definition) is 3. The van der Waals surface area contributed by atoms with Crippen molar-refractivity contribution in [3.63, 3.8) is 0 Å². The second kappa shape index (κ2) is 12.6. The van der Waals surface area contributed by atoms with Gasteiger partial charge in [-0.3, -0.25) is 0 Å². The van der Waals surface area contributed by atoms with E-state index >= 15 is 0 Å². The second-order valence-corrected chi connectivity index (χ2v) is 6.83. The predicted octanol–water partition coefficient (Wildman–Crippen LogP) is 4.76. The Morgan fingerprint density at radius 3 is 2.38 bits per heavy atom. The van der Waals surface area contributed by atoms with E-state index in [9.17, 15) is 13.6 Å². The van der Waals surface area contributed by atoms with Gasteiger partial charge in [-0.15, -0.1) is 0 Å². The fourth-order valence-corrected chi connectivity index (χ4v) is 2.66. The van der Waals surface area contributed by atoms with Gasteiger partial charge in [0.25, 0.3) is 0 Å². The average molecular weight is 420 g/mol. The van der Waals surface area contributed by atoms with Crippen molar-refractivity contribution in [3.8, 4) is 0 Å². The van der Waals surface area contributed by atoms with Crippen molar-refractivity contribution >= 4 is 28.6 Å². The molecule has 126 valence electrons. The zero-order chi connectivity index (χ0) is 16.1. The molecule has 0 aromatic heterocycles. The number of rotatable bonds is 13. The van der Waals surface area contributed by atoms with Crippen molar-refractivity contribution in [2.75, 3.05) is 19.8 Å². The van der Waals surface area contributed by atoms with Gasteiger partial charge >= 0.3 is 11.9 Å². The number of carbonyl (C=O) groups excluding carboxylic acids is 1. The largest absolute Gasteiger partial charge is 0.462 e. The van der Waals surface area contributed by atoms with Crippen molar-refractivity contribution in [2.24, 2.45) is 0 Å². The second-order valence-electron chi connectivity index (χ2n) is 5.07. The Balaban J connectivity index is 3.66. The summed E-state index contributed by atoms with van der Waals surface area (Å²) in [6.07, 6.45) is 6.47. The van der Waals surface area contributed by atoms with Crippen molar-refractivity contribution in [1.29, 1.82) is 0 Å². The maximum atomic E-state index is 13.5. The van der Waals surface area contributed by atoms with Crippen molar-refractivity contribution in [2.45, 2.75) is 68.6 Å². The van der Waals surface area contributed by atoms with Gasteiger partial charge in [0, 0.05) is 17.0 Å². The lowest BCUT2D eigenvalue weighted by atomic mass is 10.1. The molecule has 0 rings (SSSR count).